The Morgan fingerprint density at radius 2 is 0.629 bits per heavy atom. The van der Waals surface area contributed by atoms with Gasteiger partial charge in [0, 0.05) is 109 Å². The summed E-state index contributed by atoms with van der Waals surface area (Å²) in [6, 6.07) is 45.7. The number of hydrogen-bond acceptors (Lipinski definition) is 20. The highest BCUT2D eigenvalue weighted by molar-refractivity contribution is 6.04. The number of benzene rings is 3. The van der Waals surface area contributed by atoms with Crippen LogP contribution in [0.5, 0.6) is 0 Å². The van der Waals surface area contributed by atoms with Gasteiger partial charge in [-0.05, 0) is 148 Å². The Kier molecular flexibility index (Phi) is 31.8. The number of nitriles is 3. The number of piperidine rings is 3. The smallest absolute Gasteiger partial charge is 0.300 e. The number of carboxylic acid groups (broad SMARTS) is 2. The SMILES string of the molecule is CC(=O)O.CC(=O)O.Cc1cccn2c(=O)c(/C=C(\C#N)C(=O)NCCc3ccccc3)c(N3CCC(C(N)=O)CC3)nc12.Cc1cccn2c(=O)c(/C=C(\C#N)C(=O)NCCc3ccccc3)c(N3CCC(C(N)=O)CC3)nc12.Cc1cccn2c(=O)c(/C=C(\C#N)C(=O)NCCc3ccccc3)c(N3CCC(C(N)=O)CC3)nc12. The van der Waals surface area contributed by atoms with Crippen LogP contribution in [0.4, 0.5) is 17.5 Å². The van der Waals surface area contributed by atoms with E-state index in [1.54, 1.807) is 36.8 Å². The van der Waals surface area contributed by atoms with E-state index in [2.05, 4.69) is 16.0 Å². The van der Waals surface area contributed by atoms with E-state index < -0.39 is 29.7 Å². The van der Waals surface area contributed by atoms with Crippen LogP contribution in [0.1, 0.15) is 102 Å². The van der Waals surface area contributed by atoms with Crippen molar-refractivity contribution in [3.05, 3.63) is 244 Å². The molecule has 0 aliphatic carbocycles. The third kappa shape index (κ3) is 23.8. The minimum atomic E-state index is -0.833. The van der Waals surface area contributed by atoms with Crippen LogP contribution in [0.3, 0.4) is 0 Å². The molecule has 6 amide bonds. The number of nitrogens with two attached hydrogens (primary N) is 3. The average Bonchev–Trinajstić information content (AvgIpc) is 0.776. The summed E-state index contributed by atoms with van der Waals surface area (Å²) in [5, 5.41) is 52.4. The maximum atomic E-state index is 13.5. The summed E-state index contributed by atoms with van der Waals surface area (Å²) < 4.78 is 4.26. The fourth-order valence-corrected chi connectivity index (χ4v) is 13.2. The van der Waals surface area contributed by atoms with E-state index in [1.807, 2.05) is 163 Å². The molecule has 3 aromatic carbocycles. The third-order valence-electron chi connectivity index (χ3n) is 19.4. The number of carboxylic acids is 2. The van der Waals surface area contributed by atoms with Crippen LogP contribution in [0.2, 0.25) is 0 Å². The molecule has 9 aromatic rings. The predicted molar refractivity (Wildman–Crippen MR) is 438 cm³/mol. The number of carbonyl (C=O) groups is 8. The van der Waals surface area contributed by atoms with Gasteiger partial charge in [-0.2, -0.15) is 15.8 Å². The van der Waals surface area contributed by atoms with Gasteiger partial charge in [-0.3, -0.25) is 65.9 Å². The largest absolute Gasteiger partial charge is 0.481 e. The van der Waals surface area contributed by atoms with Crippen LogP contribution in [0, 0.1) is 72.5 Å². The van der Waals surface area contributed by atoms with Crippen LogP contribution >= 0.6 is 0 Å². The zero-order chi connectivity index (χ0) is 84.1. The van der Waals surface area contributed by atoms with Crippen molar-refractivity contribution >= 4 is 100 Å². The van der Waals surface area contributed by atoms with E-state index >= 15 is 0 Å². The minimum Gasteiger partial charge on any atom is -0.481 e. The lowest BCUT2D eigenvalue weighted by molar-refractivity contribution is -0.135. The second-order valence-corrected chi connectivity index (χ2v) is 27.6. The van der Waals surface area contributed by atoms with Crippen molar-refractivity contribution in [2.45, 2.75) is 92.4 Å². The molecule has 3 aliphatic rings. The molecule has 6 aromatic heterocycles. The van der Waals surface area contributed by atoms with Gasteiger partial charge in [0.15, 0.2) is 0 Å². The van der Waals surface area contributed by atoms with Crippen molar-refractivity contribution in [3.8, 4) is 18.2 Å². The Labute approximate surface area is 668 Å². The molecule has 31 heteroatoms. The van der Waals surface area contributed by atoms with Crippen molar-refractivity contribution in [1.29, 1.82) is 15.8 Å². The first kappa shape index (κ1) is 87.2. The Morgan fingerprint density at radius 1 is 0.405 bits per heavy atom. The molecule has 11 N–H and O–H groups in total. The first-order chi connectivity index (χ1) is 55.6. The van der Waals surface area contributed by atoms with Crippen LogP contribution < -0.4 is 64.5 Å². The van der Waals surface area contributed by atoms with Crippen LogP contribution in [0.25, 0.3) is 35.2 Å². The molecular formula is C85H92N18O13. The van der Waals surface area contributed by atoms with Crippen molar-refractivity contribution in [2.75, 3.05) is 73.6 Å². The number of nitrogens with zero attached hydrogens (tertiary/aromatic N) is 12. The monoisotopic (exact) mass is 1570 g/mol. The van der Waals surface area contributed by atoms with Crippen LogP contribution in [-0.4, -0.2) is 145 Å². The highest BCUT2D eigenvalue weighted by Crippen LogP contribution is 2.30. The number of anilines is 3. The minimum absolute atomic E-state index is 0.158. The Balaban J connectivity index is 0.000000207. The number of hydrogen-bond donors (Lipinski definition) is 8. The number of amides is 6. The van der Waals surface area contributed by atoms with Gasteiger partial charge in [-0.15, -0.1) is 0 Å². The quantitative estimate of drug-likeness (QED) is 0.0298. The molecule has 0 spiro atoms. The number of nitrogens with one attached hydrogen (secondary N) is 3. The lowest BCUT2D eigenvalue weighted by Crippen LogP contribution is -2.40. The lowest BCUT2D eigenvalue weighted by Gasteiger charge is -2.32. The van der Waals surface area contributed by atoms with Crippen molar-refractivity contribution in [3.63, 3.8) is 0 Å². The topological polar surface area (TPSA) is 475 Å². The van der Waals surface area contributed by atoms with E-state index in [0.29, 0.717) is 151 Å². The van der Waals surface area contributed by atoms with Gasteiger partial charge >= 0.3 is 0 Å². The molecule has 0 radical (unpaired) electrons. The second kappa shape index (κ2) is 42.3. The van der Waals surface area contributed by atoms with Gasteiger partial charge in [0.25, 0.3) is 46.3 Å². The summed E-state index contributed by atoms with van der Waals surface area (Å²) in [7, 11) is 0. The van der Waals surface area contributed by atoms with E-state index in [4.69, 9.17) is 52.0 Å². The van der Waals surface area contributed by atoms with Gasteiger partial charge in [0.1, 0.15) is 69.3 Å². The average molecular weight is 1570 g/mol. The molecule has 3 aliphatic heterocycles. The first-order valence-corrected chi connectivity index (χ1v) is 37.5. The van der Waals surface area contributed by atoms with Crippen LogP contribution in [-0.2, 0) is 57.6 Å². The van der Waals surface area contributed by atoms with E-state index in [-0.39, 0.29) is 85.6 Å². The van der Waals surface area contributed by atoms with Gasteiger partial charge in [0.05, 0.1) is 16.7 Å². The lowest BCUT2D eigenvalue weighted by atomic mass is 9.96. The fraction of sp³-hybridized carbons (Fsp3) is 0.306. The molecule has 3 fully saturated rings. The van der Waals surface area contributed by atoms with Gasteiger partial charge in [-0.25, -0.2) is 15.0 Å². The summed E-state index contributed by atoms with van der Waals surface area (Å²) >= 11 is 0. The summed E-state index contributed by atoms with van der Waals surface area (Å²) in [6.45, 7) is 11.7. The summed E-state index contributed by atoms with van der Waals surface area (Å²) in [5.74, 6) is -3.85. The number of aryl methyl sites for hydroxylation is 3. The summed E-state index contributed by atoms with van der Waals surface area (Å²) in [6.07, 6.45) is 13.9. The molecule has 12 rings (SSSR count). The van der Waals surface area contributed by atoms with Gasteiger partial charge < -0.3 is 58.1 Å². The molecular weight excluding hydrogens is 1480 g/mol. The molecule has 3 saturated heterocycles. The molecule has 600 valence electrons. The number of fused-ring (bicyclic) bond motifs is 3. The standard InChI is InChI=1S/3C27H28N6O3.2C2H4O2/c3*1-18-6-5-13-33-24(18)31-25(32-14-10-20(11-15-32)23(29)34)22(27(33)36)16-21(17-28)26(35)30-12-9-19-7-3-2-4-8-19;2*1-2(3)4/h3*2-8,13,16,20H,9-12,14-15H2,1H3,(H2,29,34)(H,30,35);2*1H3,(H,3,4)/b3*21-16+;;. The van der Waals surface area contributed by atoms with E-state index in [0.717, 1.165) is 47.2 Å². The van der Waals surface area contributed by atoms with Gasteiger partial charge in [0.2, 0.25) is 17.7 Å². The first-order valence-electron chi connectivity index (χ1n) is 37.5. The molecule has 0 saturated carbocycles. The number of primary amides is 3. The molecule has 9 heterocycles. The Hall–Kier alpha value is -14.4. The van der Waals surface area contributed by atoms with Crippen molar-refractivity contribution < 1.29 is 48.6 Å². The fourth-order valence-electron chi connectivity index (χ4n) is 13.2. The molecule has 0 unspecified atom stereocenters. The summed E-state index contributed by atoms with van der Waals surface area (Å²) in [4.78, 5) is 152. The highest BCUT2D eigenvalue weighted by atomic mass is 16.4. The second-order valence-electron chi connectivity index (χ2n) is 27.6. The van der Waals surface area contributed by atoms with E-state index in [9.17, 15) is 58.9 Å². The highest BCUT2D eigenvalue weighted by Gasteiger charge is 2.31. The number of aliphatic carboxylic acids is 2. The van der Waals surface area contributed by atoms with Crippen molar-refractivity contribution in [1.82, 2.24) is 44.1 Å². The Bertz CT molecular complexity index is 4980. The molecule has 31 nitrogen and oxygen atoms in total. The number of rotatable bonds is 21. The zero-order valence-corrected chi connectivity index (χ0v) is 65.0. The number of aromatic nitrogens is 6. The maximum Gasteiger partial charge on any atom is 0.300 e. The molecule has 116 heavy (non-hydrogen) atoms. The van der Waals surface area contributed by atoms with Crippen molar-refractivity contribution in [2.24, 2.45) is 35.0 Å². The third-order valence-corrected chi connectivity index (χ3v) is 19.4. The van der Waals surface area contributed by atoms with E-state index in [1.165, 1.54) is 31.4 Å². The molecule has 0 atom stereocenters. The Morgan fingerprint density at radius 3 is 0.836 bits per heavy atom. The zero-order valence-electron chi connectivity index (χ0n) is 65.0. The normalized spacial score (nSPS) is 13.9. The number of pyridine rings is 3. The van der Waals surface area contributed by atoms with Crippen LogP contribution in [0.15, 0.2) is 177 Å². The molecule has 0 bridgehead atoms. The maximum absolute atomic E-state index is 13.5. The van der Waals surface area contributed by atoms with Gasteiger partial charge in [-0.1, -0.05) is 109 Å². The summed E-state index contributed by atoms with van der Waals surface area (Å²) in [5.41, 5.74) is 22.4. The number of carbonyl (C=O) groups excluding carboxylic acids is 6. The predicted octanol–water partition coefficient (Wildman–Crippen LogP) is 6.09.